The predicted molar refractivity (Wildman–Crippen MR) is 154 cm³/mol. The third kappa shape index (κ3) is 7.42. The van der Waals surface area contributed by atoms with E-state index in [1.807, 2.05) is 0 Å². The zero-order valence-corrected chi connectivity index (χ0v) is 24.6. The third-order valence-electron chi connectivity index (χ3n) is 6.29. The van der Waals surface area contributed by atoms with Gasteiger partial charge in [-0.05, 0) is 42.3 Å². The number of ether oxygens (including phenoxy) is 4. The first-order valence-corrected chi connectivity index (χ1v) is 14.0. The molecule has 0 spiro atoms. The summed E-state index contributed by atoms with van der Waals surface area (Å²) in [5, 5.41) is 7.31. The smallest absolute Gasteiger partial charge is 0.357 e. The number of halogens is 1. The molecule has 1 aliphatic heterocycles. The Bertz CT molecular complexity index is 1420. The molecule has 1 aromatic heterocycles. The number of carbonyl (C=O) groups is 4. The Morgan fingerprint density at radius 1 is 1.10 bits per heavy atom. The molecule has 3 atom stereocenters. The highest BCUT2D eigenvalue weighted by atomic mass is 35.5. The van der Waals surface area contributed by atoms with Crippen LogP contribution >= 0.6 is 22.9 Å². The number of esters is 1. The molecule has 4 amide bonds. The van der Waals surface area contributed by atoms with E-state index in [9.17, 15) is 19.2 Å². The van der Waals surface area contributed by atoms with Gasteiger partial charge in [0, 0.05) is 17.5 Å². The van der Waals surface area contributed by atoms with Crippen LogP contribution in [-0.4, -0.2) is 73.3 Å². The van der Waals surface area contributed by atoms with E-state index in [0.29, 0.717) is 29.5 Å². The average molecular weight is 617 g/mol. The second-order valence-electron chi connectivity index (χ2n) is 9.11. The zero-order valence-electron chi connectivity index (χ0n) is 23.0. The molecule has 2 aromatic carbocycles. The van der Waals surface area contributed by atoms with Crippen LogP contribution in [0.15, 0.2) is 53.9 Å². The predicted octanol–water partition coefficient (Wildman–Crippen LogP) is 3.81. The van der Waals surface area contributed by atoms with Gasteiger partial charge >= 0.3 is 12.0 Å². The number of amides is 4. The van der Waals surface area contributed by atoms with Crippen molar-refractivity contribution in [3.63, 3.8) is 0 Å². The molecule has 3 aromatic rings. The fourth-order valence-corrected chi connectivity index (χ4v) is 4.94. The van der Waals surface area contributed by atoms with Crippen molar-refractivity contribution >= 4 is 51.9 Å². The lowest BCUT2D eigenvalue weighted by atomic mass is 10.1. The van der Waals surface area contributed by atoms with Gasteiger partial charge in [-0.25, -0.2) is 19.5 Å². The highest BCUT2D eigenvalue weighted by Crippen LogP contribution is 2.28. The van der Waals surface area contributed by atoms with E-state index in [0.717, 1.165) is 21.8 Å². The number of aromatic nitrogens is 1. The van der Waals surface area contributed by atoms with Crippen LogP contribution < -0.4 is 15.4 Å². The summed E-state index contributed by atoms with van der Waals surface area (Å²) >= 11 is 6.96. The summed E-state index contributed by atoms with van der Waals surface area (Å²) in [6.07, 6.45) is -0.939. The van der Waals surface area contributed by atoms with Crippen LogP contribution in [0.3, 0.4) is 0 Å². The van der Waals surface area contributed by atoms with E-state index in [2.05, 4.69) is 20.4 Å². The number of imide groups is 1. The molecule has 1 unspecified atom stereocenters. The van der Waals surface area contributed by atoms with Crippen LogP contribution in [0.25, 0.3) is 0 Å². The minimum absolute atomic E-state index is 0.00564. The monoisotopic (exact) mass is 616 g/mol. The molecular formula is C28H29ClN4O8S. The number of nitrogens with one attached hydrogen (secondary N) is 2. The number of rotatable bonds is 13. The van der Waals surface area contributed by atoms with Gasteiger partial charge < -0.3 is 29.6 Å². The lowest BCUT2D eigenvalue weighted by Crippen LogP contribution is -2.53. The first-order chi connectivity index (χ1) is 20.2. The summed E-state index contributed by atoms with van der Waals surface area (Å²) < 4.78 is 21.2. The molecule has 1 saturated heterocycles. The number of urea groups is 1. The summed E-state index contributed by atoms with van der Waals surface area (Å²) in [6, 6.07) is 10.4. The second kappa shape index (κ2) is 14.2. The van der Waals surface area contributed by atoms with Gasteiger partial charge in [-0.15, -0.1) is 11.3 Å². The van der Waals surface area contributed by atoms with E-state index >= 15 is 0 Å². The van der Waals surface area contributed by atoms with Gasteiger partial charge in [-0.2, -0.15) is 0 Å². The van der Waals surface area contributed by atoms with E-state index in [4.69, 9.17) is 25.8 Å². The van der Waals surface area contributed by atoms with Gasteiger partial charge in [0.15, 0.2) is 10.8 Å². The minimum atomic E-state index is -1.38. The van der Waals surface area contributed by atoms with Crippen LogP contribution in [0.1, 0.15) is 34.6 Å². The van der Waals surface area contributed by atoms with Gasteiger partial charge in [0.05, 0.1) is 26.4 Å². The number of nitrogens with zero attached hydrogens (tertiary/aromatic N) is 2. The maximum absolute atomic E-state index is 13.6. The van der Waals surface area contributed by atoms with Gasteiger partial charge in [0.2, 0.25) is 0 Å². The number of benzene rings is 2. The molecule has 0 aliphatic carbocycles. The molecule has 42 heavy (non-hydrogen) atoms. The minimum Gasteiger partial charge on any atom is -0.491 e. The Balaban J connectivity index is 1.55. The standard InChI is InChI=1S/C28H29ClN4O8S/c1-16(41-14-17-4-8-19(29)9-5-17)23(24(34)32-27-30-21(15-42-27)26(36)39-3)33-25(35)22(31-28(33)37)18-6-10-20(11-7-18)40-13-12-38-2/h4-11,15-16,22-23H,12-14H2,1-3H3,(H,31,37)(H,30,32,34)/t16-,22?,23+/m1/s1. The lowest BCUT2D eigenvalue weighted by Gasteiger charge is -2.29. The van der Waals surface area contributed by atoms with Crippen molar-refractivity contribution < 1.29 is 38.1 Å². The molecule has 1 fully saturated rings. The van der Waals surface area contributed by atoms with Crippen molar-refractivity contribution in [1.82, 2.24) is 15.2 Å². The van der Waals surface area contributed by atoms with Gasteiger partial charge in [-0.3, -0.25) is 9.59 Å². The van der Waals surface area contributed by atoms with Crippen molar-refractivity contribution in [3.8, 4) is 5.75 Å². The Labute approximate surface area is 250 Å². The molecule has 2 heterocycles. The summed E-state index contributed by atoms with van der Waals surface area (Å²) in [5.41, 5.74) is 1.29. The maximum atomic E-state index is 13.6. The zero-order chi connectivity index (χ0) is 30.2. The fourth-order valence-electron chi connectivity index (χ4n) is 4.13. The first kappa shape index (κ1) is 30.9. The van der Waals surface area contributed by atoms with E-state index < -0.39 is 42.0 Å². The average Bonchev–Trinajstić information content (AvgIpc) is 3.57. The van der Waals surface area contributed by atoms with Gasteiger partial charge in [0.1, 0.15) is 24.4 Å². The molecule has 14 heteroatoms. The number of hydrogen-bond donors (Lipinski definition) is 2. The van der Waals surface area contributed by atoms with Crippen molar-refractivity contribution in [2.24, 2.45) is 0 Å². The van der Waals surface area contributed by atoms with Crippen LogP contribution in [0.4, 0.5) is 9.93 Å². The van der Waals surface area contributed by atoms with Crippen molar-refractivity contribution in [2.45, 2.75) is 31.7 Å². The van der Waals surface area contributed by atoms with Crippen molar-refractivity contribution in [1.29, 1.82) is 0 Å². The Kier molecular flexibility index (Phi) is 10.5. The third-order valence-corrected chi connectivity index (χ3v) is 7.30. The van der Waals surface area contributed by atoms with E-state index in [1.54, 1.807) is 62.6 Å². The number of carbonyl (C=O) groups excluding carboxylic acids is 4. The molecule has 222 valence electrons. The van der Waals surface area contributed by atoms with Crippen LogP contribution in [0, 0.1) is 0 Å². The normalized spacial score (nSPS) is 16.1. The SMILES string of the molecule is COCCOc1ccc(C2NC(=O)N([C@H](C(=O)Nc3nc(C(=O)OC)cs3)[C@@H](C)OCc3ccc(Cl)cc3)C2=O)cc1. The van der Waals surface area contributed by atoms with Crippen molar-refractivity contribution in [2.75, 3.05) is 32.8 Å². The topological polar surface area (TPSA) is 145 Å². The van der Waals surface area contributed by atoms with Crippen LogP contribution in [0.2, 0.25) is 5.02 Å². The number of hydrogen-bond acceptors (Lipinski definition) is 10. The van der Waals surface area contributed by atoms with Crippen LogP contribution in [0.5, 0.6) is 5.75 Å². The largest absolute Gasteiger partial charge is 0.491 e. The van der Waals surface area contributed by atoms with Gasteiger partial charge in [0.25, 0.3) is 11.8 Å². The quantitative estimate of drug-likeness (QED) is 0.166. The maximum Gasteiger partial charge on any atom is 0.357 e. The highest BCUT2D eigenvalue weighted by Gasteiger charge is 2.47. The number of thiazole rings is 1. The molecule has 2 N–H and O–H groups in total. The molecule has 0 bridgehead atoms. The molecule has 0 saturated carbocycles. The van der Waals surface area contributed by atoms with E-state index in [-0.39, 0.29) is 17.4 Å². The molecule has 4 rings (SSSR count). The van der Waals surface area contributed by atoms with Crippen molar-refractivity contribution in [3.05, 3.63) is 75.8 Å². The van der Waals surface area contributed by atoms with E-state index in [1.165, 1.54) is 12.5 Å². The van der Waals surface area contributed by atoms with Crippen LogP contribution in [-0.2, 0) is 30.4 Å². The Morgan fingerprint density at radius 2 is 1.81 bits per heavy atom. The lowest BCUT2D eigenvalue weighted by molar-refractivity contribution is -0.139. The summed E-state index contributed by atoms with van der Waals surface area (Å²) in [4.78, 5) is 57.1. The number of methoxy groups -OCH3 is 2. The summed E-state index contributed by atoms with van der Waals surface area (Å²) in [6.45, 7) is 2.44. The summed E-state index contributed by atoms with van der Waals surface area (Å²) in [5.74, 6) is -1.46. The van der Waals surface area contributed by atoms with Gasteiger partial charge in [-0.1, -0.05) is 35.9 Å². The fraction of sp³-hybridized carbons (Fsp3) is 0.321. The molecule has 12 nitrogen and oxygen atoms in total. The molecule has 0 radical (unpaired) electrons. The first-order valence-electron chi connectivity index (χ1n) is 12.8. The molecular weight excluding hydrogens is 588 g/mol. The Morgan fingerprint density at radius 3 is 2.48 bits per heavy atom. The highest BCUT2D eigenvalue weighted by molar-refractivity contribution is 7.14. The summed E-state index contributed by atoms with van der Waals surface area (Å²) in [7, 11) is 2.78. The number of anilines is 1. The Hall–Kier alpha value is -4.04. The molecule has 1 aliphatic rings. The second-order valence-corrected chi connectivity index (χ2v) is 10.4.